The third kappa shape index (κ3) is 2.05. The van der Waals surface area contributed by atoms with E-state index in [9.17, 15) is 0 Å². The van der Waals surface area contributed by atoms with Crippen molar-refractivity contribution in [2.45, 2.75) is 52.7 Å². The molecule has 1 aliphatic carbocycles. The molecule has 128 valence electrons. The fraction of sp³-hybridized carbons (Fsp3) is 0.333. The molecule has 0 radical (unpaired) electrons. The molecule has 0 aromatic heterocycles. The lowest BCUT2D eigenvalue weighted by molar-refractivity contribution is 0.316. The molecule has 4 rings (SSSR count). The van der Waals surface area contributed by atoms with Gasteiger partial charge >= 0.3 is 0 Å². The summed E-state index contributed by atoms with van der Waals surface area (Å²) in [6, 6.07) is 8.75. The lowest BCUT2D eigenvalue weighted by Crippen LogP contribution is -2.20. The standard InChI is InChI=1S/C24H26O/c1-15-16(2)18(4)22(19(5)17(15)3)20-11-7-8-12-21(20)24-14-10-9-13-23(24,6)25-24/h7-14H,1-6H3. The van der Waals surface area contributed by atoms with Crippen LogP contribution >= 0.6 is 0 Å². The first-order valence-electron chi connectivity index (χ1n) is 9.06. The Bertz CT molecular complexity index is 918. The van der Waals surface area contributed by atoms with Crippen molar-refractivity contribution < 1.29 is 4.74 Å². The monoisotopic (exact) mass is 330 g/mol. The van der Waals surface area contributed by atoms with E-state index >= 15 is 0 Å². The van der Waals surface area contributed by atoms with Crippen molar-refractivity contribution in [1.82, 2.24) is 0 Å². The van der Waals surface area contributed by atoms with Gasteiger partial charge in [0.2, 0.25) is 0 Å². The molecule has 0 bridgehead atoms. The van der Waals surface area contributed by atoms with Crippen LogP contribution in [0.15, 0.2) is 48.6 Å². The zero-order valence-electron chi connectivity index (χ0n) is 16.0. The molecule has 25 heavy (non-hydrogen) atoms. The summed E-state index contributed by atoms with van der Waals surface area (Å²) in [4.78, 5) is 0. The molecule has 1 heteroatoms. The van der Waals surface area contributed by atoms with E-state index in [0.717, 1.165) is 0 Å². The second-order valence-corrected chi connectivity index (χ2v) is 7.71. The highest BCUT2D eigenvalue weighted by Crippen LogP contribution is 2.61. The highest BCUT2D eigenvalue weighted by Gasteiger charge is 2.66. The number of rotatable bonds is 2. The molecule has 0 saturated carbocycles. The van der Waals surface area contributed by atoms with Crippen LogP contribution in [0.3, 0.4) is 0 Å². The molecule has 2 unspecified atom stereocenters. The molecule has 1 heterocycles. The van der Waals surface area contributed by atoms with Crippen molar-refractivity contribution in [3.8, 4) is 11.1 Å². The zero-order chi connectivity index (χ0) is 18.0. The summed E-state index contributed by atoms with van der Waals surface area (Å²) in [6.45, 7) is 13.4. The Balaban J connectivity index is 2.00. The van der Waals surface area contributed by atoms with Gasteiger partial charge < -0.3 is 4.74 Å². The smallest absolute Gasteiger partial charge is 0.146 e. The van der Waals surface area contributed by atoms with Crippen LogP contribution in [0.2, 0.25) is 0 Å². The van der Waals surface area contributed by atoms with E-state index < -0.39 is 0 Å². The van der Waals surface area contributed by atoms with Crippen LogP contribution in [0, 0.1) is 34.6 Å². The summed E-state index contributed by atoms with van der Waals surface area (Å²) >= 11 is 0. The van der Waals surface area contributed by atoms with Crippen molar-refractivity contribution in [1.29, 1.82) is 0 Å². The van der Waals surface area contributed by atoms with Crippen LogP contribution in [0.1, 0.15) is 40.3 Å². The molecule has 1 fully saturated rings. The van der Waals surface area contributed by atoms with Gasteiger partial charge in [-0.25, -0.2) is 0 Å². The molecule has 2 aromatic carbocycles. The van der Waals surface area contributed by atoms with Gasteiger partial charge in [0.25, 0.3) is 0 Å². The lowest BCUT2D eigenvalue weighted by Gasteiger charge is -2.23. The lowest BCUT2D eigenvalue weighted by atomic mass is 9.78. The van der Waals surface area contributed by atoms with Gasteiger partial charge in [0, 0.05) is 0 Å². The molecule has 1 nitrogen and oxygen atoms in total. The van der Waals surface area contributed by atoms with Gasteiger partial charge in [0.1, 0.15) is 11.2 Å². The fourth-order valence-corrected chi connectivity index (χ4v) is 4.44. The minimum Gasteiger partial charge on any atom is -0.349 e. The molecular formula is C24H26O. The number of hydrogen-bond acceptors (Lipinski definition) is 1. The summed E-state index contributed by atoms with van der Waals surface area (Å²) in [6.07, 6.45) is 8.58. The molecule has 0 N–H and O–H groups in total. The number of epoxide rings is 1. The average Bonchev–Trinajstić information content (AvgIpc) is 3.26. The second-order valence-electron chi connectivity index (χ2n) is 7.71. The predicted molar refractivity (Wildman–Crippen MR) is 105 cm³/mol. The van der Waals surface area contributed by atoms with Gasteiger partial charge in [0.05, 0.1) is 0 Å². The Morgan fingerprint density at radius 3 is 1.92 bits per heavy atom. The van der Waals surface area contributed by atoms with Crippen LogP contribution in [-0.2, 0) is 10.3 Å². The first kappa shape index (κ1) is 16.4. The Morgan fingerprint density at radius 2 is 1.28 bits per heavy atom. The summed E-state index contributed by atoms with van der Waals surface area (Å²) in [5.74, 6) is 0. The van der Waals surface area contributed by atoms with Gasteiger partial charge in [-0.05, 0) is 98.2 Å². The van der Waals surface area contributed by atoms with Crippen molar-refractivity contribution >= 4 is 0 Å². The van der Waals surface area contributed by atoms with Gasteiger partial charge in [-0.1, -0.05) is 36.4 Å². The van der Waals surface area contributed by atoms with Gasteiger partial charge in [-0.2, -0.15) is 0 Å². The third-order valence-electron chi connectivity index (χ3n) is 6.52. The van der Waals surface area contributed by atoms with Gasteiger partial charge in [-0.3, -0.25) is 0 Å². The minimum atomic E-state index is -0.329. The normalized spacial score (nSPS) is 26.6. The van der Waals surface area contributed by atoms with Crippen molar-refractivity contribution in [3.63, 3.8) is 0 Å². The third-order valence-corrected chi connectivity index (χ3v) is 6.52. The minimum absolute atomic E-state index is 0.228. The summed E-state index contributed by atoms with van der Waals surface area (Å²) in [5, 5.41) is 0. The maximum atomic E-state index is 6.29. The fourth-order valence-electron chi connectivity index (χ4n) is 4.44. The number of fused-ring (bicyclic) bond motifs is 1. The SMILES string of the molecule is Cc1c(C)c(C)c(-c2ccccc2C23C=CC=CC2(C)O3)c(C)c1C. The maximum absolute atomic E-state index is 6.29. The molecule has 2 atom stereocenters. The number of ether oxygens (including phenoxy) is 1. The largest absolute Gasteiger partial charge is 0.349 e. The second kappa shape index (κ2) is 5.19. The van der Waals surface area contributed by atoms with E-state index in [1.807, 2.05) is 0 Å². The van der Waals surface area contributed by atoms with Crippen molar-refractivity contribution in [3.05, 3.63) is 82.0 Å². The van der Waals surface area contributed by atoms with Crippen LogP contribution < -0.4 is 0 Å². The van der Waals surface area contributed by atoms with Crippen molar-refractivity contribution in [2.75, 3.05) is 0 Å². The maximum Gasteiger partial charge on any atom is 0.146 e. The van der Waals surface area contributed by atoms with Gasteiger partial charge in [-0.15, -0.1) is 0 Å². The van der Waals surface area contributed by atoms with E-state index in [1.54, 1.807) is 0 Å². The van der Waals surface area contributed by atoms with E-state index in [2.05, 4.69) is 90.1 Å². The first-order valence-corrected chi connectivity index (χ1v) is 9.06. The molecule has 0 amide bonds. The van der Waals surface area contributed by atoms with E-state index in [-0.39, 0.29) is 11.2 Å². The van der Waals surface area contributed by atoms with Crippen molar-refractivity contribution in [2.24, 2.45) is 0 Å². The molecule has 1 aliphatic heterocycles. The van der Waals surface area contributed by atoms with E-state index in [0.29, 0.717) is 0 Å². The number of benzene rings is 2. The Labute approximate surface area is 151 Å². The highest BCUT2D eigenvalue weighted by molar-refractivity contribution is 5.79. The van der Waals surface area contributed by atoms with E-state index in [4.69, 9.17) is 4.74 Å². The average molecular weight is 330 g/mol. The van der Waals surface area contributed by atoms with E-state index in [1.165, 1.54) is 44.5 Å². The first-order chi connectivity index (χ1) is 11.8. The Kier molecular flexibility index (Phi) is 3.39. The summed E-state index contributed by atoms with van der Waals surface area (Å²) in [7, 11) is 0. The molecular weight excluding hydrogens is 304 g/mol. The Morgan fingerprint density at radius 1 is 0.720 bits per heavy atom. The number of hydrogen-bond donors (Lipinski definition) is 0. The van der Waals surface area contributed by atoms with Crippen LogP contribution in [0.25, 0.3) is 11.1 Å². The molecule has 1 saturated heterocycles. The predicted octanol–water partition coefficient (Wildman–Crippen LogP) is 6.01. The summed E-state index contributed by atoms with van der Waals surface area (Å²) in [5.41, 5.74) is 10.3. The molecule has 2 aliphatic rings. The quantitative estimate of drug-likeness (QED) is 0.615. The topological polar surface area (TPSA) is 12.5 Å². The van der Waals surface area contributed by atoms with Crippen LogP contribution in [0.4, 0.5) is 0 Å². The molecule has 0 spiro atoms. The highest BCUT2D eigenvalue weighted by atomic mass is 16.6. The van der Waals surface area contributed by atoms with Gasteiger partial charge in [0.15, 0.2) is 0 Å². The number of allylic oxidation sites excluding steroid dienone is 2. The van der Waals surface area contributed by atoms with Crippen LogP contribution in [0.5, 0.6) is 0 Å². The zero-order valence-corrected chi connectivity index (χ0v) is 16.0. The van der Waals surface area contributed by atoms with Crippen LogP contribution in [-0.4, -0.2) is 5.60 Å². The summed E-state index contributed by atoms with van der Waals surface area (Å²) < 4.78 is 6.29. The Hall–Kier alpha value is -2.12. The molecule has 2 aromatic rings.